The van der Waals surface area contributed by atoms with E-state index in [1.165, 1.54) is 16.7 Å². The third kappa shape index (κ3) is 6.02. The van der Waals surface area contributed by atoms with E-state index in [0.29, 0.717) is 45.3 Å². The fourth-order valence-electron chi connectivity index (χ4n) is 4.18. The predicted molar refractivity (Wildman–Crippen MR) is 134 cm³/mol. The van der Waals surface area contributed by atoms with Gasteiger partial charge in [0.25, 0.3) is 0 Å². The van der Waals surface area contributed by atoms with E-state index in [1.54, 1.807) is 0 Å². The molecule has 6 heteroatoms. The van der Waals surface area contributed by atoms with Crippen LogP contribution in [0, 0.1) is 5.92 Å². The topological polar surface area (TPSA) is 66.0 Å². The Hall–Kier alpha value is -3.35. The van der Waals surface area contributed by atoms with Gasteiger partial charge in [-0.2, -0.15) is 0 Å². The number of carbonyl (C=O) groups is 1. The van der Waals surface area contributed by atoms with Gasteiger partial charge in [0.1, 0.15) is 18.1 Å². The van der Waals surface area contributed by atoms with Gasteiger partial charge in [-0.1, -0.05) is 24.3 Å². The minimum Gasteiger partial charge on any atom is -0.491 e. The molecule has 2 aliphatic rings. The zero-order valence-electron chi connectivity index (χ0n) is 20.0. The standard InChI is InChI=1S/C29H31NO5/c1-2-32-12-13-34-25-10-11-27-23(15-25)19-33-18-22-7-6-20(14-28(22)27)17-30-24-4-3-5-26(16-24)35-29(31)21-8-9-21/h3-7,10-11,14-16,21,30H,2,8-9,12-13,17-19H2,1H3. The van der Waals surface area contributed by atoms with E-state index in [2.05, 4.69) is 35.6 Å². The number of benzene rings is 3. The molecule has 35 heavy (non-hydrogen) atoms. The molecule has 1 heterocycles. The van der Waals surface area contributed by atoms with Crippen LogP contribution in [0.25, 0.3) is 11.1 Å². The normalized spacial score (nSPS) is 14.4. The lowest BCUT2D eigenvalue weighted by Crippen LogP contribution is -2.10. The molecule has 1 N–H and O–H groups in total. The first-order valence-electron chi connectivity index (χ1n) is 12.3. The molecule has 6 nitrogen and oxygen atoms in total. The quantitative estimate of drug-likeness (QED) is 0.231. The zero-order valence-corrected chi connectivity index (χ0v) is 20.0. The summed E-state index contributed by atoms with van der Waals surface area (Å²) in [4.78, 5) is 12.0. The lowest BCUT2D eigenvalue weighted by Gasteiger charge is -2.14. The smallest absolute Gasteiger partial charge is 0.314 e. The van der Waals surface area contributed by atoms with E-state index >= 15 is 0 Å². The number of esters is 1. The van der Waals surface area contributed by atoms with Gasteiger partial charge in [-0.15, -0.1) is 0 Å². The van der Waals surface area contributed by atoms with Crippen LogP contribution in [0.2, 0.25) is 0 Å². The maximum Gasteiger partial charge on any atom is 0.314 e. The monoisotopic (exact) mass is 473 g/mol. The minimum absolute atomic E-state index is 0.0794. The Morgan fingerprint density at radius 2 is 1.83 bits per heavy atom. The summed E-state index contributed by atoms with van der Waals surface area (Å²) in [5.74, 6) is 1.36. The highest BCUT2D eigenvalue weighted by Crippen LogP contribution is 2.35. The molecule has 1 aliphatic carbocycles. The largest absolute Gasteiger partial charge is 0.491 e. The van der Waals surface area contributed by atoms with E-state index < -0.39 is 0 Å². The van der Waals surface area contributed by atoms with E-state index in [9.17, 15) is 4.79 Å². The lowest BCUT2D eigenvalue weighted by molar-refractivity contribution is -0.135. The van der Waals surface area contributed by atoms with Crippen LogP contribution in [0.15, 0.2) is 60.7 Å². The third-order valence-electron chi connectivity index (χ3n) is 6.22. The van der Waals surface area contributed by atoms with Gasteiger partial charge in [-0.3, -0.25) is 4.79 Å². The van der Waals surface area contributed by atoms with Crippen molar-refractivity contribution < 1.29 is 23.7 Å². The van der Waals surface area contributed by atoms with E-state index in [1.807, 2.05) is 37.3 Å². The van der Waals surface area contributed by atoms with Crippen LogP contribution in [0.5, 0.6) is 11.5 Å². The van der Waals surface area contributed by atoms with Crippen molar-refractivity contribution in [3.8, 4) is 22.6 Å². The Morgan fingerprint density at radius 1 is 0.943 bits per heavy atom. The summed E-state index contributed by atoms with van der Waals surface area (Å²) < 4.78 is 22.6. The van der Waals surface area contributed by atoms with Crippen LogP contribution in [-0.2, 0) is 34.0 Å². The summed E-state index contributed by atoms with van der Waals surface area (Å²) >= 11 is 0. The number of rotatable bonds is 10. The van der Waals surface area contributed by atoms with Crippen molar-refractivity contribution >= 4 is 11.7 Å². The number of ether oxygens (including phenoxy) is 4. The van der Waals surface area contributed by atoms with Gasteiger partial charge in [0.2, 0.25) is 0 Å². The fraction of sp³-hybridized carbons (Fsp3) is 0.345. The Morgan fingerprint density at radius 3 is 2.69 bits per heavy atom. The van der Waals surface area contributed by atoms with E-state index in [-0.39, 0.29) is 11.9 Å². The van der Waals surface area contributed by atoms with Crippen LogP contribution in [0.4, 0.5) is 5.69 Å². The number of nitrogens with one attached hydrogen (secondary N) is 1. The first-order chi connectivity index (χ1) is 17.2. The second kappa shape index (κ2) is 10.9. The van der Waals surface area contributed by atoms with Crippen molar-refractivity contribution in [2.45, 2.75) is 39.5 Å². The van der Waals surface area contributed by atoms with Gasteiger partial charge < -0.3 is 24.3 Å². The highest BCUT2D eigenvalue weighted by molar-refractivity contribution is 5.77. The second-order valence-electron chi connectivity index (χ2n) is 8.93. The second-order valence-corrected chi connectivity index (χ2v) is 8.93. The molecule has 0 spiro atoms. The average Bonchev–Trinajstić information content (AvgIpc) is 3.73. The lowest BCUT2D eigenvalue weighted by atomic mass is 9.94. The summed E-state index contributed by atoms with van der Waals surface area (Å²) in [6.07, 6.45) is 1.87. The first kappa shape index (κ1) is 23.4. The first-order valence-corrected chi connectivity index (χ1v) is 12.3. The Balaban J connectivity index is 1.28. The molecule has 0 unspecified atom stereocenters. The van der Waals surface area contributed by atoms with Crippen LogP contribution in [0.3, 0.4) is 0 Å². The highest BCUT2D eigenvalue weighted by atomic mass is 16.5. The van der Waals surface area contributed by atoms with Crippen molar-refractivity contribution in [2.75, 3.05) is 25.1 Å². The molecule has 5 rings (SSSR count). The van der Waals surface area contributed by atoms with Crippen molar-refractivity contribution in [3.05, 3.63) is 77.4 Å². The van der Waals surface area contributed by atoms with Gasteiger partial charge in [-0.05, 0) is 77.9 Å². The fourth-order valence-corrected chi connectivity index (χ4v) is 4.18. The van der Waals surface area contributed by atoms with Crippen LogP contribution < -0.4 is 14.8 Å². The average molecular weight is 474 g/mol. The van der Waals surface area contributed by atoms with Gasteiger partial charge >= 0.3 is 5.97 Å². The molecule has 0 radical (unpaired) electrons. The predicted octanol–water partition coefficient (Wildman–Crippen LogP) is 5.73. The van der Waals surface area contributed by atoms with E-state index in [4.69, 9.17) is 18.9 Å². The van der Waals surface area contributed by atoms with Crippen LogP contribution in [-0.4, -0.2) is 25.8 Å². The summed E-state index contributed by atoms with van der Waals surface area (Å²) in [5, 5.41) is 3.45. The summed E-state index contributed by atoms with van der Waals surface area (Å²) in [6.45, 7) is 5.55. The Kier molecular flexibility index (Phi) is 7.31. The maximum atomic E-state index is 12.0. The summed E-state index contributed by atoms with van der Waals surface area (Å²) in [6, 6.07) is 20.3. The molecule has 0 amide bonds. The SMILES string of the molecule is CCOCCOc1ccc2c(c1)COCc1ccc(CNc3cccc(OC(=O)C4CC4)c3)cc1-2. The molecule has 1 saturated carbocycles. The molecule has 1 aliphatic heterocycles. The van der Waals surface area contributed by atoms with Gasteiger partial charge in [0.15, 0.2) is 0 Å². The number of hydrogen-bond acceptors (Lipinski definition) is 6. The van der Waals surface area contributed by atoms with Gasteiger partial charge in [0, 0.05) is 24.9 Å². The number of fused-ring (bicyclic) bond motifs is 3. The molecule has 182 valence electrons. The molecule has 1 fully saturated rings. The summed E-state index contributed by atoms with van der Waals surface area (Å²) in [7, 11) is 0. The Bertz CT molecular complexity index is 1190. The maximum absolute atomic E-state index is 12.0. The molecule has 0 atom stereocenters. The highest BCUT2D eigenvalue weighted by Gasteiger charge is 2.31. The zero-order chi connectivity index (χ0) is 24.0. The van der Waals surface area contributed by atoms with Gasteiger partial charge in [-0.25, -0.2) is 0 Å². The van der Waals surface area contributed by atoms with E-state index in [0.717, 1.165) is 35.4 Å². The van der Waals surface area contributed by atoms with Crippen LogP contribution >= 0.6 is 0 Å². The number of carbonyl (C=O) groups excluding carboxylic acids is 1. The number of anilines is 1. The van der Waals surface area contributed by atoms with Crippen LogP contribution in [0.1, 0.15) is 36.5 Å². The third-order valence-corrected chi connectivity index (χ3v) is 6.22. The minimum atomic E-state index is -0.128. The summed E-state index contributed by atoms with van der Waals surface area (Å²) in [5.41, 5.74) is 6.72. The molecule has 3 aromatic carbocycles. The molecule has 0 bridgehead atoms. The molecular formula is C29H31NO5. The van der Waals surface area contributed by atoms with Gasteiger partial charge in [0.05, 0.1) is 25.7 Å². The molecule has 3 aromatic rings. The molecular weight excluding hydrogens is 442 g/mol. The molecule has 0 aromatic heterocycles. The molecule has 0 saturated heterocycles. The van der Waals surface area contributed by atoms with Crippen molar-refractivity contribution in [2.24, 2.45) is 5.92 Å². The Labute approximate surface area is 206 Å². The van der Waals surface area contributed by atoms with Crippen molar-refractivity contribution in [1.29, 1.82) is 0 Å². The van der Waals surface area contributed by atoms with Crippen molar-refractivity contribution in [3.63, 3.8) is 0 Å². The number of hydrogen-bond donors (Lipinski definition) is 1. The van der Waals surface area contributed by atoms with Crippen molar-refractivity contribution in [1.82, 2.24) is 0 Å².